The predicted octanol–water partition coefficient (Wildman–Crippen LogP) is 3.47. The number of hydrogen-bond acceptors (Lipinski definition) is 4. The van der Waals surface area contributed by atoms with Crippen molar-refractivity contribution in [2.24, 2.45) is 0 Å². The zero-order chi connectivity index (χ0) is 17.7. The van der Waals surface area contributed by atoms with E-state index >= 15 is 0 Å². The Morgan fingerprint density at radius 2 is 1.44 bits per heavy atom. The van der Waals surface area contributed by atoms with Gasteiger partial charge in [0.25, 0.3) is 0 Å². The lowest BCUT2D eigenvalue weighted by molar-refractivity contribution is 0.0734. The molecule has 2 aromatic rings. The van der Waals surface area contributed by atoms with Gasteiger partial charge < -0.3 is 4.74 Å². The smallest absolute Gasteiger partial charge is 0.343 e. The van der Waals surface area contributed by atoms with Gasteiger partial charge in [-0.1, -0.05) is 31.0 Å². The highest BCUT2D eigenvalue weighted by Crippen LogP contribution is 2.21. The monoisotopic (exact) mass is 359 g/mol. The second-order valence-corrected chi connectivity index (χ2v) is 7.98. The molecule has 6 heteroatoms. The number of carbonyl (C=O) groups is 1. The molecule has 0 aliphatic carbocycles. The maximum Gasteiger partial charge on any atom is 0.343 e. The number of benzene rings is 2. The summed E-state index contributed by atoms with van der Waals surface area (Å²) in [6, 6.07) is 14.7. The van der Waals surface area contributed by atoms with Gasteiger partial charge in [0.2, 0.25) is 10.0 Å². The first-order valence-electron chi connectivity index (χ1n) is 8.45. The van der Waals surface area contributed by atoms with Crippen molar-refractivity contribution in [3.05, 3.63) is 60.2 Å². The summed E-state index contributed by atoms with van der Waals surface area (Å²) < 4.78 is 32.2. The number of sulfonamides is 1. The standard InChI is InChI=1S/C19H21NO4S/c21-19(24-17-8-4-3-5-9-17)16-10-12-18(13-11-16)25(22,23)20-14-6-1-2-7-15-20/h3-5,8-13H,1-2,6-7,14-15H2. The number of hydrogen-bond donors (Lipinski definition) is 0. The van der Waals surface area contributed by atoms with Gasteiger partial charge in [-0.2, -0.15) is 4.31 Å². The highest BCUT2D eigenvalue weighted by atomic mass is 32.2. The molecule has 3 rings (SSSR count). The van der Waals surface area contributed by atoms with E-state index in [1.54, 1.807) is 24.3 Å². The average molecular weight is 359 g/mol. The number of ether oxygens (including phenoxy) is 1. The minimum Gasteiger partial charge on any atom is -0.423 e. The summed E-state index contributed by atoms with van der Waals surface area (Å²) in [4.78, 5) is 12.4. The Morgan fingerprint density at radius 3 is 2.04 bits per heavy atom. The fraction of sp³-hybridized carbons (Fsp3) is 0.316. The Morgan fingerprint density at radius 1 is 0.840 bits per heavy atom. The largest absolute Gasteiger partial charge is 0.423 e. The molecular weight excluding hydrogens is 338 g/mol. The molecule has 0 aromatic heterocycles. The van der Waals surface area contributed by atoms with Crippen LogP contribution in [0.1, 0.15) is 36.0 Å². The Kier molecular flexibility index (Phi) is 5.50. The average Bonchev–Trinajstić information content (AvgIpc) is 2.93. The normalized spacial score (nSPS) is 16.2. The molecule has 5 nitrogen and oxygen atoms in total. The summed E-state index contributed by atoms with van der Waals surface area (Å²) in [6.45, 7) is 1.11. The molecule has 1 saturated heterocycles. The minimum absolute atomic E-state index is 0.214. The number of carbonyl (C=O) groups excluding carboxylic acids is 1. The quantitative estimate of drug-likeness (QED) is 0.619. The molecule has 0 spiro atoms. The molecule has 25 heavy (non-hydrogen) atoms. The molecule has 1 aliphatic heterocycles. The van der Waals surface area contributed by atoms with E-state index in [2.05, 4.69) is 0 Å². The molecule has 2 aromatic carbocycles. The number of nitrogens with zero attached hydrogens (tertiary/aromatic N) is 1. The summed E-state index contributed by atoms with van der Waals surface area (Å²) in [5.41, 5.74) is 0.318. The minimum atomic E-state index is -3.51. The third-order valence-corrected chi connectivity index (χ3v) is 6.16. The first-order chi connectivity index (χ1) is 12.1. The fourth-order valence-corrected chi connectivity index (χ4v) is 4.37. The molecule has 0 atom stereocenters. The first kappa shape index (κ1) is 17.6. The molecular formula is C19H21NO4S. The van der Waals surface area contributed by atoms with Gasteiger partial charge in [-0.15, -0.1) is 0 Å². The van der Waals surface area contributed by atoms with Crippen LogP contribution >= 0.6 is 0 Å². The highest BCUT2D eigenvalue weighted by Gasteiger charge is 2.25. The van der Waals surface area contributed by atoms with Gasteiger partial charge in [-0.25, -0.2) is 13.2 Å². The molecule has 1 aliphatic rings. The lowest BCUT2D eigenvalue weighted by Gasteiger charge is -2.19. The van der Waals surface area contributed by atoms with Gasteiger partial charge in [0.1, 0.15) is 5.75 Å². The number of para-hydroxylation sites is 1. The van der Waals surface area contributed by atoms with Gasteiger partial charge in [-0.3, -0.25) is 0 Å². The van der Waals surface area contributed by atoms with Gasteiger partial charge >= 0.3 is 5.97 Å². The van der Waals surface area contributed by atoms with E-state index in [-0.39, 0.29) is 4.90 Å². The van der Waals surface area contributed by atoms with Crippen molar-refractivity contribution in [3.8, 4) is 5.75 Å². The van der Waals surface area contributed by atoms with Crippen LogP contribution in [0.4, 0.5) is 0 Å². The van der Waals surface area contributed by atoms with E-state index in [1.807, 2.05) is 6.07 Å². The Hall–Kier alpha value is -2.18. The second-order valence-electron chi connectivity index (χ2n) is 6.05. The van der Waals surface area contributed by atoms with E-state index in [0.29, 0.717) is 24.4 Å². The fourth-order valence-electron chi connectivity index (χ4n) is 2.85. The van der Waals surface area contributed by atoms with Crippen LogP contribution in [-0.4, -0.2) is 31.8 Å². The molecule has 0 amide bonds. The predicted molar refractivity (Wildman–Crippen MR) is 95.1 cm³/mol. The second kappa shape index (κ2) is 7.80. The number of rotatable bonds is 4. The lowest BCUT2D eigenvalue weighted by Crippen LogP contribution is -2.31. The van der Waals surface area contributed by atoms with Crippen molar-refractivity contribution in [2.45, 2.75) is 30.6 Å². The summed E-state index contributed by atoms with van der Waals surface area (Å²) in [6.07, 6.45) is 3.91. The van der Waals surface area contributed by atoms with Crippen LogP contribution in [0.25, 0.3) is 0 Å². The molecule has 0 N–H and O–H groups in total. The highest BCUT2D eigenvalue weighted by molar-refractivity contribution is 7.89. The van der Waals surface area contributed by atoms with Crippen LogP contribution in [0.2, 0.25) is 0 Å². The van der Waals surface area contributed by atoms with Gasteiger partial charge in [0.15, 0.2) is 0 Å². The van der Waals surface area contributed by atoms with Gasteiger partial charge in [0, 0.05) is 13.1 Å². The van der Waals surface area contributed by atoms with E-state index in [0.717, 1.165) is 25.7 Å². The van der Waals surface area contributed by atoms with Crippen LogP contribution in [-0.2, 0) is 10.0 Å². The van der Waals surface area contributed by atoms with E-state index in [1.165, 1.54) is 28.6 Å². The van der Waals surface area contributed by atoms with Crippen molar-refractivity contribution in [2.75, 3.05) is 13.1 Å². The van der Waals surface area contributed by atoms with Crippen LogP contribution in [0.3, 0.4) is 0 Å². The van der Waals surface area contributed by atoms with Gasteiger partial charge in [0.05, 0.1) is 10.5 Å². The zero-order valence-electron chi connectivity index (χ0n) is 13.9. The molecule has 0 bridgehead atoms. The van der Waals surface area contributed by atoms with Crippen molar-refractivity contribution in [3.63, 3.8) is 0 Å². The maximum atomic E-state index is 12.7. The summed E-state index contributed by atoms with van der Waals surface area (Å²) in [5.74, 6) is -0.0568. The zero-order valence-corrected chi connectivity index (χ0v) is 14.7. The Labute approximate surface area is 148 Å². The van der Waals surface area contributed by atoms with E-state index in [9.17, 15) is 13.2 Å². The van der Waals surface area contributed by atoms with Crippen molar-refractivity contribution >= 4 is 16.0 Å². The molecule has 132 valence electrons. The van der Waals surface area contributed by atoms with E-state index in [4.69, 9.17) is 4.74 Å². The Bertz CT molecular complexity index is 808. The summed E-state index contributed by atoms with van der Waals surface area (Å²) in [7, 11) is -3.51. The van der Waals surface area contributed by atoms with E-state index < -0.39 is 16.0 Å². The number of esters is 1. The molecule has 0 radical (unpaired) electrons. The van der Waals surface area contributed by atoms with Crippen molar-refractivity contribution in [1.82, 2.24) is 4.31 Å². The maximum absolute atomic E-state index is 12.7. The summed E-state index contributed by atoms with van der Waals surface area (Å²) >= 11 is 0. The molecule has 1 fully saturated rings. The first-order valence-corrected chi connectivity index (χ1v) is 9.89. The topological polar surface area (TPSA) is 63.7 Å². The van der Waals surface area contributed by atoms with Crippen LogP contribution in [0, 0.1) is 0 Å². The molecule has 0 saturated carbocycles. The molecule has 1 heterocycles. The molecule has 0 unspecified atom stereocenters. The van der Waals surface area contributed by atoms with Gasteiger partial charge in [-0.05, 0) is 49.2 Å². The van der Waals surface area contributed by atoms with Crippen LogP contribution < -0.4 is 4.74 Å². The van der Waals surface area contributed by atoms with Crippen LogP contribution in [0.5, 0.6) is 5.75 Å². The van der Waals surface area contributed by atoms with Crippen molar-refractivity contribution < 1.29 is 17.9 Å². The lowest BCUT2D eigenvalue weighted by atomic mass is 10.2. The Balaban J connectivity index is 1.74. The van der Waals surface area contributed by atoms with Crippen molar-refractivity contribution in [1.29, 1.82) is 0 Å². The SMILES string of the molecule is O=C(Oc1ccccc1)c1ccc(S(=O)(=O)N2CCCCCC2)cc1. The van der Waals surface area contributed by atoms with Crippen LogP contribution in [0.15, 0.2) is 59.5 Å². The third-order valence-electron chi connectivity index (χ3n) is 4.25. The summed E-state index contributed by atoms with van der Waals surface area (Å²) in [5, 5.41) is 0. The third kappa shape index (κ3) is 4.27.